The first-order valence-electron chi connectivity index (χ1n) is 6.78. The van der Waals surface area contributed by atoms with Crippen molar-refractivity contribution >= 4 is 5.91 Å². The van der Waals surface area contributed by atoms with Crippen molar-refractivity contribution in [3.63, 3.8) is 0 Å². The van der Waals surface area contributed by atoms with E-state index in [0.717, 1.165) is 25.4 Å². The third-order valence-corrected chi connectivity index (χ3v) is 4.33. The number of hydrogen-bond donors (Lipinski definition) is 0. The largest absolute Gasteiger partial charge is 0.342 e. The van der Waals surface area contributed by atoms with E-state index >= 15 is 0 Å². The van der Waals surface area contributed by atoms with E-state index in [0.29, 0.717) is 17.2 Å². The summed E-state index contributed by atoms with van der Waals surface area (Å²) in [5, 5.41) is 0. The molecule has 0 aromatic rings. The van der Waals surface area contributed by atoms with Crippen molar-refractivity contribution in [2.24, 2.45) is 17.3 Å². The molecule has 0 bridgehead atoms. The molecule has 1 aliphatic heterocycles. The first-order valence-corrected chi connectivity index (χ1v) is 6.78. The number of likely N-dealkylation sites (tertiary alicyclic amines) is 1. The summed E-state index contributed by atoms with van der Waals surface area (Å²) in [6.45, 7) is 8.73. The second-order valence-electron chi connectivity index (χ2n) is 6.53. The first kappa shape index (κ1) is 11.9. The van der Waals surface area contributed by atoms with E-state index in [1.165, 1.54) is 25.7 Å². The molecule has 1 saturated carbocycles. The van der Waals surface area contributed by atoms with Gasteiger partial charge in [-0.1, -0.05) is 33.6 Å². The van der Waals surface area contributed by atoms with Gasteiger partial charge >= 0.3 is 0 Å². The first-order chi connectivity index (χ1) is 7.51. The van der Waals surface area contributed by atoms with Gasteiger partial charge in [-0.15, -0.1) is 0 Å². The van der Waals surface area contributed by atoms with Crippen LogP contribution in [0.5, 0.6) is 0 Å². The van der Waals surface area contributed by atoms with Gasteiger partial charge in [0.05, 0.1) is 0 Å². The van der Waals surface area contributed by atoms with Gasteiger partial charge in [0.15, 0.2) is 0 Å². The minimum absolute atomic E-state index is 0.360. The fourth-order valence-electron chi connectivity index (χ4n) is 3.30. The second kappa shape index (κ2) is 4.38. The minimum atomic E-state index is 0.360. The second-order valence-corrected chi connectivity index (χ2v) is 6.53. The quantitative estimate of drug-likeness (QED) is 0.704. The van der Waals surface area contributed by atoms with E-state index in [2.05, 4.69) is 25.7 Å². The number of carbonyl (C=O) groups excluding carboxylic acids is 1. The zero-order valence-electron chi connectivity index (χ0n) is 11.0. The summed E-state index contributed by atoms with van der Waals surface area (Å²) in [5.74, 6) is 1.88. The molecule has 1 saturated heterocycles. The number of nitrogens with zero attached hydrogens (tertiary/aromatic N) is 1. The molecule has 16 heavy (non-hydrogen) atoms. The van der Waals surface area contributed by atoms with Crippen LogP contribution < -0.4 is 0 Å². The maximum atomic E-state index is 12.0. The molecule has 0 aromatic heterocycles. The van der Waals surface area contributed by atoms with E-state index in [1.807, 2.05) is 0 Å². The number of hydrogen-bond acceptors (Lipinski definition) is 1. The topological polar surface area (TPSA) is 20.3 Å². The Labute approximate surface area is 99.4 Å². The standard InChI is InChI=1S/C14H25NO/c1-11(2)9-15-10-14(8-13(15)16)6-4-12(3)5-7-14/h11-12H,4-10H2,1-3H3. The van der Waals surface area contributed by atoms with Crippen LogP contribution in [0.15, 0.2) is 0 Å². The van der Waals surface area contributed by atoms with Gasteiger partial charge in [-0.05, 0) is 30.1 Å². The summed E-state index contributed by atoms with van der Waals surface area (Å²) in [7, 11) is 0. The highest BCUT2D eigenvalue weighted by atomic mass is 16.2. The molecule has 1 heterocycles. The zero-order valence-corrected chi connectivity index (χ0v) is 11.0. The number of carbonyl (C=O) groups is 1. The fourth-order valence-corrected chi connectivity index (χ4v) is 3.30. The summed E-state index contributed by atoms with van der Waals surface area (Å²) in [4.78, 5) is 14.1. The Kier molecular flexibility index (Phi) is 3.27. The molecule has 0 unspecified atom stereocenters. The molecule has 0 aromatic carbocycles. The Hall–Kier alpha value is -0.530. The lowest BCUT2D eigenvalue weighted by Crippen LogP contribution is -2.33. The van der Waals surface area contributed by atoms with Gasteiger partial charge in [0.25, 0.3) is 0 Å². The van der Waals surface area contributed by atoms with Crippen LogP contribution >= 0.6 is 0 Å². The highest BCUT2D eigenvalue weighted by Gasteiger charge is 2.44. The summed E-state index contributed by atoms with van der Waals surface area (Å²) in [5.41, 5.74) is 0.360. The fraction of sp³-hybridized carbons (Fsp3) is 0.929. The zero-order chi connectivity index (χ0) is 11.8. The Morgan fingerprint density at radius 3 is 2.56 bits per heavy atom. The molecular weight excluding hydrogens is 198 g/mol. The third-order valence-electron chi connectivity index (χ3n) is 4.33. The highest BCUT2D eigenvalue weighted by Crippen LogP contribution is 2.45. The minimum Gasteiger partial charge on any atom is -0.342 e. The monoisotopic (exact) mass is 223 g/mol. The summed E-state index contributed by atoms with van der Waals surface area (Å²) < 4.78 is 0. The van der Waals surface area contributed by atoms with E-state index in [-0.39, 0.29) is 0 Å². The molecule has 0 atom stereocenters. The molecular formula is C14H25NO. The van der Waals surface area contributed by atoms with Crippen LogP contribution in [-0.2, 0) is 4.79 Å². The molecule has 2 nitrogen and oxygen atoms in total. The van der Waals surface area contributed by atoms with Crippen LogP contribution in [-0.4, -0.2) is 23.9 Å². The predicted octanol–water partition coefficient (Wildman–Crippen LogP) is 3.07. The lowest BCUT2D eigenvalue weighted by Gasteiger charge is -2.35. The normalized spacial score (nSPS) is 35.4. The van der Waals surface area contributed by atoms with Crippen LogP contribution in [0.25, 0.3) is 0 Å². The molecule has 0 N–H and O–H groups in total. The number of rotatable bonds is 2. The molecule has 1 amide bonds. The van der Waals surface area contributed by atoms with E-state index in [1.54, 1.807) is 0 Å². The van der Waals surface area contributed by atoms with Crippen LogP contribution in [0.2, 0.25) is 0 Å². The van der Waals surface area contributed by atoms with Gasteiger partial charge in [-0.25, -0.2) is 0 Å². The summed E-state index contributed by atoms with van der Waals surface area (Å²) in [6.07, 6.45) is 6.01. The van der Waals surface area contributed by atoms with Gasteiger partial charge < -0.3 is 4.90 Å². The van der Waals surface area contributed by atoms with Gasteiger partial charge in [-0.2, -0.15) is 0 Å². The van der Waals surface area contributed by atoms with Crippen molar-refractivity contribution in [1.29, 1.82) is 0 Å². The van der Waals surface area contributed by atoms with Crippen molar-refractivity contribution < 1.29 is 4.79 Å². The van der Waals surface area contributed by atoms with Crippen LogP contribution in [0, 0.1) is 17.3 Å². The highest BCUT2D eigenvalue weighted by molar-refractivity contribution is 5.79. The third kappa shape index (κ3) is 2.41. The van der Waals surface area contributed by atoms with Gasteiger partial charge in [0.1, 0.15) is 0 Å². The molecule has 1 spiro atoms. The van der Waals surface area contributed by atoms with Gasteiger partial charge in [0, 0.05) is 19.5 Å². The molecule has 2 fully saturated rings. The van der Waals surface area contributed by atoms with Crippen LogP contribution in [0.4, 0.5) is 0 Å². The molecule has 0 radical (unpaired) electrons. The van der Waals surface area contributed by atoms with E-state index < -0.39 is 0 Å². The Morgan fingerprint density at radius 1 is 1.38 bits per heavy atom. The van der Waals surface area contributed by atoms with Gasteiger partial charge in [0.2, 0.25) is 5.91 Å². The van der Waals surface area contributed by atoms with Crippen molar-refractivity contribution in [3.8, 4) is 0 Å². The lowest BCUT2D eigenvalue weighted by molar-refractivity contribution is -0.128. The van der Waals surface area contributed by atoms with Crippen molar-refractivity contribution in [2.45, 2.75) is 52.9 Å². The van der Waals surface area contributed by atoms with Crippen LogP contribution in [0.1, 0.15) is 52.9 Å². The summed E-state index contributed by atoms with van der Waals surface area (Å²) in [6, 6.07) is 0. The molecule has 92 valence electrons. The SMILES string of the molecule is CC(C)CN1CC2(CCC(C)CC2)CC1=O. The van der Waals surface area contributed by atoms with Crippen molar-refractivity contribution in [2.75, 3.05) is 13.1 Å². The average Bonchev–Trinajstić information content (AvgIpc) is 2.49. The molecule has 2 heteroatoms. The van der Waals surface area contributed by atoms with Crippen LogP contribution in [0.3, 0.4) is 0 Å². The molecule has 1 aliphatic carbocycles. The Morgan fingerprint density at radius 2 is 2.00 bits per heavy atom. The molecule has 2 aliphatic rings. The smallest absolute Gasteiger partial charge is 0.223 e. The Bertz CT molecular complexity index is 264. The Balaban J connectivity index is 1.97. The average molecular weight is 223 g/mol. The maximum absolute atomic E-state index is 12.0. The van der Waals surface area contributed by atoms with Crippen molar-refractivity contribution in [1.82, 2.24) is 4.90 Å². The predicted molar refractivity (Wildman–Crippen MR) is 66.1 cm³/mol. The van der Waals surface area contributed by atoms with Crippen molar-refractivity contribution in [3.05, 3.63) is 0 Å². The van der Waals surface area contributed by atoms with Gasteiger partial charge in [-0.3, -0.25) is 4.79 Å². The molecule has 2 rings (SSSR count). The number of amides is 1. The maximum Gasteiger partial charge on any atom is 0.223 e. The lowest BCUT2D eigenvalue weighted by atomic mass is 9.70. The van der Waals surface area contributed by atoms with E-state index in [9.17, 15) is 4.79 Å². The summed E-state index contributed by atoms with van der Waals surface area (Å²) >= 11 is 0. The van der Waals surface area contributed by atoms with E-state index in [4.69, 9.17) is 0 Å².